The van der Waals surface area contributed by atoms with E-state index in [-0.39, 0.29) is 32.2 Å². The zero-order valence-corrected chi connectivity index (χ0v) is 48.5. The molecular formula is C65H114NO8+. The van der Waals surface area contributed by atoms with Crippen LogP contribution in [0.5, 0.6) is 0 Å². The molecule has 0 saturated heterocycles. The Labute approximate surface area is 455 Å². The Balaban J connectivity index is 4.18. The first-order chi connectivity index (χ1) is 36.1. The zero-order valence-electron chi connectivity index (χ0n) is 48.5. The van der Waals surface area contributed by atoms with Gasteiger partial charge in [0.1, 0.15) is 13.2 Å². The molecule has 2 atom stereocenters. The fraction of sp³-hybridized carbons (Fsp3) is 0.738. The van der Waals surface area contributed by atoms with Crippen LogP contribution in [0.3, 0.4) is 0 Å². The van der Waals surface area contributed by atoms with Crippen LogP contribution in [-0.2, 0) is 33.3 Å². The molecule has 0 rings (SSSR count). The van der Waals surface area contributed by atoms with Gasteiger partial charge in [-0.15, -0.1) is 0 Å². The predicted octanol–water partition coefficient (Wildman–Crippen LogP) is 18.0. The third-order valence-corrected chi connectivity index (χ3v) is 12.9. The molecule has 74 heavy (non-hydrogen) atoms. The van der Waals surface area contributed by atoms with Crippen molar-refractivity contribution in [2.24, 2.45) is 0 Å². The molecule has 0 aliphatic carbocycles. The van der Waals surface area contributed by atoms with E-state index >= 15 is 0 Å². The van der Waals surface area contributed by atoms with Gasteiger partial charge in [-0.05, 0) is 89.9 Å². The number of allylic oxidation sites excluding steroid dienone is 14. The second kappa shape index (κ2) is 55.7. The van der Waals surface area contributed by atoms with Crippen molar-refractivity contribution in [1.29, 1.82) is 0 Å². The maximum absolute atomic E-state index is 12.9. The van der Waals surface area contributed by atoms with Gasteiger partial charge in [-0.25, -0.2) is 4.79 Å². The number of hydrogen-bond donors (Lipinski definition) is 1. The van der Waals surface area contributed by atoms with Gasteiger partial charge in [0.2, 0.25) is 0 Å². The summed E-state index contributed by atoms with van der Waals surface area (Å²) in [6, 6.07) is 0. The van der Waals surface area contributed by atoms with Gasteiger partial charge in [0, 0.05) is 12.8 Å². The van der Waals surface area contributed by atoms with Gasteiger partial charge in [0.25, 0.3) is 6.29 Å². The van der Waals surface area contributed by atoms with Crippen LogP contribution >= 0.6 is 0 Å². The first-order valence-corrected chi connectivity index (χ1v) is 30.3. The summed E-state index contributed by atoms with van der Waals surface area (Å²) in [4.78, 5) is 37.4. The molecule has 0 aromatic rings. The Morgan fingerprint density at radius 2 is 0.770 bits per heavy atom. The highest BCUT2D eigenvalue weighted by Gasteiger charge is 2.25. The third-order valence-electron chi connectivity index (χ3n) is 12.9. The van der Waals surface area contributed by atoms with Crippen molar-refractivity contribution in [3.63, 3.8) is 0 Å². The van der Waals surface area contributed by atoms with Crippen LogP contribution in [0, 0.1) is 0 Å². The monoisotopic (exact) mass is 1040 g/mol. The van der Waals surface area contributed by atoms with Crippen molar-refractivity contribution in [3.05, 3.63) is 85.1 Å². The summed E-state index contributed by atoms with van der Waals surface area (Å²) < 4.78 is 22.9. The number of nitrogens with zero attached hydrogens (tertiary/aromatic N) is 1. The summed E-state index contributed by atoms with van der Waals surface area (Å²) in [6.07, 6.45) is 70.9. The van der Waals surface area contributed by atoms with Crippen molar-refractivity contribution >= 4 is 17.9 Å². The molecule has 0 aliphatic heterocycles. The van der Waals surface area contributed by atoms with Crippen LogP contribution in [0.1, 0.15) is 251 Å². The van der Waals surface area contributed by atoms with Crippen LogP contribution in [-0.4, -0.2) is 87.4 Å². The number of quaternary nitrogens is 1. The summed E-state index contributed by atoms with van der Waals surface area (Å²) in [6.45, 7) is 4.75. The molecule has 1 N–H and O–H groups in total. The van der Waals surface area contributed by atoms with E-state index in [1.54, 1.807) is 0 Å². The Morgan fingerprint density at radius 1 is 0.419 bits per heavy atom. The average molecular weight is 1040 g/mol. The first kappa shape index (κ1) is 70.5. The first-order valence-electron chi connectivity index (χ1n) is 30.3. The van der Waals surface area contributed by atoms with Gasteiger partial charge < -0.3 is 28.5 Å². The number of carbonyl (C=O) groups is 3. The Hall–Kier alpha value is -3.53. The standard InChI is InChI=1S/C65H113NO8/c1-6-8-10-12-14-16-18-20-22-24-26-27-28-29-30-31-32-33-34-35-36-37-38-40-42-44-46-48-50-52-54-56-63(68)74-61(60-73-65(64(69)70)71-58-57-66(3,4)5)59-72-62(67)55-53-51-49-47-45-43-41-39-25-23-21-19-17-15-13-11-9-7-2/h8,10,14,16-17,19-20,22-23,25-27,29-30,61,65H,6-7,9,11-13,15,18,21,24,28,31-60H2,1-5H3/p+1/b10-8-,16-14-,19-17-,22-20-,25-23-,27-26-,30-29-. The Bertz CT molecular complexity index is 1490. The third kappa shape index (κ3) is 56.2. The number of unbranched alkanes of at least 4 members (excludes halogenated alkanes) is 26. The highest BCUT2D eigenvalue weighted by Crippen LogP contribution is 2.16. The molecule has 0 bridgehead atoms. The van der Waals surface area contributed by atoms with Crippen molar-refractivity contribution < 1.29 is 42.9 Å². The number of carboxylic acids is 1. The molecule has 0 aliphatic rings. The molecule has 9 nitrogen and oxygen atoms in total. The van der Waals surface area contributed by atoms with E-state index in [0.717, 1.165) is 89.9 Å². The minimum atomic E-state index is -1.51. The number of carboxylic acid groups (broad SMARTS) is 1. The Kier molecular flexibility index (Phi) is 53.0. The molecular weight excluding hydrogens is 923 g/mol. The van der Waals surface area contributed by atoms with Crippen molar-refractivity contribution in [1.82, 2.24) is 0 Å². The molecule has 0 radical (unpaired) electrons. The van der Waals surface area contributed by atoms with E-state index in [4.69, 9.17) is 18.9 Å². The van der Waals surface area contributed by atoms with Crippen LogP contribution in [0.2, 0.25) is 0 Å². The van der Waals surface area contributed by atoms with Crippen molar-refractivity contribution in [3.8, 4) is 0 Å². The highest BCUT2D eigenvalue weighted by atomic mass is 16.7. The molecule has 0 amide bonds. The van der Waals surface area contributed by atoms with E-state index in [1.807, 2.05) is 21.1 Å². The van der Waals surface area contributed by atoms with Gasteiger partial charge in [-0.1, -0.05) is 234 Å². The lowest BCUT2D eigenvalue weighted by atomic mass is 10.0. The van der Waals surface area contributed by atoms with Gasteiger partial charge in [-0.2, -0.15) is 0 Å². The summed E-state index contributed by atoms with van der Waals surface area (Å²) in [5, 5.41) is 9.71. The van der Waals surface area contributed by atoms with Crippen molar-refractivity contribution in [2.75, 3.05) is 47.5 Å². The van der Waals surface area contributed by atoms with Crippen LogP contribution in [0.25, 0.3) is 0 Å². The minimum Gasteiger partial charge on any atom is -0.477 e. The van der Waals surface area contributed by atoms with E-state index in [9.17, 15) is 19.5 Å². The summed E-state index contributed by atoms with van der Waals surface area (Å²) in [5.74, 6) is -2.01. The number of aliphatic carboxylic acids is 1. The average Bonchev–Trinajstić information content (AvgIpc) is 3.37. The molecule has 0 saturated carbocycles. The molecule has 2 unspecified atom stereocenters. The van der Waals surface area contributed by atoms with Gasteiger partial charge in [0.15, 0.2) is 6.10 Å². The quantitative estimate of drug-likeness (QED) is 0.0211. The maximum atomic E-state index is 12.9. The smallest absolute Gasteiger partial charge is 0.361 e. The molecule has 0 aromatic carbocycles. The second-order valence-corrected chi connectivity index (χ2v) is 21.3. The van der Waals surface area contributed by atoms with E-state index in [0.29, 0.717) is 17.4 Å². The van der Waals surface area contributed by atoms with Gasteiger partial charge >= 0.3 is 17.9 Å². The number of rotatable bonds is 55. The van der Waals surface area contributed by atoms with E-state index in [2.05, 4.69) is 98.9 Å². The zero-order chi connectivity index (χ0) is 54.1. The van der Waals surface area contributed by atoms with Crippen molar-refractivity contribution in [2.45, 2.75) is 264 Å². The number of ether oxygens (including phenoxy) is 4. The largest absolute Gasteiger partial charge is 0.477 e. The van der Waals surface area contributed by atoms with Crippen LogP contribution in [0.4, 0.5) is 0 Å². The van der Waals surface area contributed by atoms with E-state index in [1.165, 1.54) is 135 Å². The number of likely N-dealkylation sites (N-methyl/N-ethyl adjacent to an activating group) is 1. The molecule has 426 valence electrons. The fourth-order valence-electron chi connectivity index (χ4n) is 8.25. The Morgan fingerprint density at radius 3 is 1.15 bits per heavy atom. The molecule has 0 heterocycles. The summed E-state index contributed by atoms with van der Waals surface area (Å²) in [7, 11) is 5.97. The molecule has 0 spiro atoms. The topological polar surface area (TPSA) is 108 Å². The molecule has 0 aromatic heterocycles. The highest BCUT2D eigenvalue weighted by molar-refractivity contribution is 5.71. The summed E-state index contributed by atoms with van der Waals surface area (Å²) >= 11 is 0. The van der Waals surface area contributed by atoms with E-state index < -0.39 is 24.3 Å². The molecule has 9 heteroatoms. The lowest BCUT2D eigenvalue weighted by Crippen LogP contribution is -2.40. The van der Waals surface area contributed by atoms with Crippen LogP contribution in [0.15, 0.2) is 85.1 Å². The molecule has 0 fully saturated rings. The normalized spacial score (nSPS) is 13.4. The maximum Gasteiger partial charge on any atom is 0.361 e. The second-order valence-electron chi connectivity index (χ2n) is 21.3. The lowest BCUT2D eigenvalue weighted by Gasteiger charge is -2.25. The number of esters is 2. The number of carbonyl (C=O) groups excluding carboxylic acids is 2. The van der Waals surface area contributed by atoms with Gasteiger partial charge in [0.05, 0.1) is 34.4 Å². The van der Waals surface area contributed by atoms with Crippen LogP contribution < -0.4 is 0 Å². The predicted molar refractivity (Wildman–Crippen MR) is 313 cm³/mol. The number of hydrogen-bond acceptors (Lipinski definition) is 7. The summed E-state index contributed by atoms with van der Waals surface area (Å²) in [5.41, 5.74) is 0. The SMILES string of the molecule is CC/C=C\C/C=C\C/C=C\C/C=C\C/C=C\CCCCCCCCCCCCCCCCCC(=O)OC(COC(=O)CCCCCCCCC/C=C\C/C=C\CCCCCC)COC(OCC[N+](C)(C)C)C(=O)O. The minimum absolute atomic E-state index is 0.184. The lowest BCUT2D eigenvalue weighted by molar-refractivity contribution is -0.870. The van der Waals surface area contributed by atoms with Gasteiger partial charge in [-0.3, -0.25) is 9.59 Å². The fourth-order valence-corrected chi connectivity index (χ4v) is 8.25.